The first-order valence-electron chi connectivity index (χ1n) is 4.47. The van der Waals surface area contributed by atoms with Gasteiger partial charge >= 0.3 is 0 Å². The minimum Gasteiger partial charge on any atom is -0.550 e. The standard InChI is InChI=1S/C9H18O4/c1-6(2)3-7(10)4-8(11)5-9(12)13/h6-8,10-11H,3-5H2,1-2H3,(H,12,13)/p-1/t7-,8-/m1/s1. The molecule has 0 saturated carbocycles. The summed E-state index contributed by atoms with van der Waals surface area (Å²) in [5.74, 6) is -0.950. The van der Waals surface area contributed by atoms with E-state index in [0.29, 0.717) is 12.3 Å². The van der Waals surface area contributed by atoms with E-state index in [9.17, 15) is 15.0 Å². The van der Waals surface area contributed by atoms with Crippen LogP contribution in [0.25, 0.3) is 0 Å². The first kappa shape index (κ1) is 12.4. The zero-order valence-corrected chi connectivity index (χ0v) is 8.06. The molecular formula is C9H17O4-. The van der Waals surface area contributed by atoms with Crippen LogP contribution in [0.15, 0.2) is 0 Å². The zero-order valence-electron chi connectivity index (χ0n) is 8.06. The topological polar surface area (TPSA) is 80.6 Å². The number of carbonyl (C=O) groups excluding carboxylic acids is 1. The van der Waals surface area contributed by atoms with Gasteiger partial charge in [0, 0.05) is 12.4 Å². The number of hydrogen-bond donors (Lipinski definition) is 2. The molecule has 78 valence electrons. The second-order valence-electron chi connectivity index (χ2n) is 3.75. The molecule has 0 unspecified atom stereocenters. The molecular weight excluding hydrogens is 172 g/mol. The number of carboxylic acids is 1. The van der Waals surface area contributed by atoms with Gasteiger partial charge in [-0.1, -0.05) is 13.8 Å². The van der Waals surface area contributed by atoms with Crippen LogP contribution in [0, 0.1) is 5.92 Å². The molecule has 0 bridgehead atoms. The fourth-order valence-corrected chi connectivity index (χ4v) is 1.23. The highest BCUT2D eigenvalue weighted by Crippen LogP contribution is 2.10. The van der Waals surface area contributed by atoms with Crippen molar-refractivity contribution in [3.63, 3.8) is 0 Å². The summed E-state index contributed by atoms with van der Waals surface area (Å²) in [5.41, 5.74) is 0. The molecule has 0 heterocycles. The van der Waals surface area contributed by atoms with Gasteiger partial charge in [-0.2, -0.15) is 0 Å². The Kier molecular flexibility index (Phi) is 5.66. The SMILES string of the molecule is CC(C)C[C@@H](O)C[C@@H](O)CC(=O)[O-]. The number of rotatable bonds is 6. The van der Waals surface area contributed by atoms with Crippen molar-refractivity contribution < 1.29 is 20.1 Å². The third-order valence-corrected chi connectivity index (χ3v) is 1.69. The fraction of sp³-hybridized carbons (Fsp3) is 0.889. The molecule has 0 aromatic rings. The molecule has 4 nitrogen and oxygen atoms in total. The molecule has 0 radical (unpaired) electrons. The van der Waals surface area contributed by atoms with Crippen LogP contribution in [0.2, 0.25) is 0 Å². The Hall–Kier alpha value is -0.610. The van der Waals surface area contributed by atoms with Crippen LogP contribution in [0.3, 0.4) is 0 Å². The first-order valence-corrected chi connectivity index (χ1v) is 4.47. The smallest absolute Gasteiger partial charge is 0.0616 e. The number of carbonyl (C=O) groups is 1. The molecule has 0 aliphatic rings. The van der Waals surface area contributed by atoms with E-state index in [4.69, 9.17) is 5.11 Å². The van der Waals surface area contributed by atoms with Crippen molar-refractivity contribution in [3.8, 4) is 0 Å². The molecule has 0 aromatic carbocycles. The molecule has 0 spiro atoms. The lowest BCUT2D eigenvalue weighted by molar-refractivity contribution is -0.307. The van der Waals surface area contributed by atoms with Gasteiger partial charge in [-0.25, -0.2) is 0 Å². The second kappa shape index (κ2) is 5.94. The number of carboxylic acid groups (broad SMARTS) is 1. The van der Waals surface area contributed by atoms with Crippen molar-refractivity contribution in [2.75, 3.05) is 0 Å². The molecule has 0 aliphatic heterocycles. The summed E-state index contributed by atoms with van der Waals surface area (Å²) >= 11 is 0. The minimum absolute atomic E-state index is 0.103. The summed E-state index contributed by atoms with van der Waals surface area (Å²) in [5, 5.41) is 28.5. The van der Waals surface area contributed by atoms with E-state index in [1.54, 1.807) is 0 Å². The van der Waals surface area contributed by atoms with Crippen molar-refractivity contribution in [1.29, 1.82) is 0 Å². The molecule has 0 amide bonds. The van der Waals surface area contributed by atoms with Crippen LogP contribution >= 0.6 is 0 Å². The van der Waals surface area contributed by atoms with Crippen LogP contribution in [0.1, 0.15) is 33.1 Å². The zero-order chi connectivity index (χ0) is 10.4. The Morgan fingerprint density at radius 3 is 2.15 bits per heavy atom. The van der Waals surface area contributed by atoms with Crippen LogP contribution in [-0.4, -0.2) is 28.4 Å². The summed E-state index contributed by atoms with van der Waals surface area (Å²) in [6.07, 6.45) is -1.36. The Morgan fingerprint density at radius 2 is 1.77 bits per heavy atom. The van der Waals surface area contributed by atoms with E-state index >= 15 is 0 Å². The summed E-state index contributed by atoms with van der Waals surface area (Å²) in [4.78, 5) is 10.1. The van der Waals surface area contributed by atoms with Crippen molar-refractivity contribution in [2.24, 2.45) is 5.92 Å². The van der Waals surface area contributed by atoms with Crippen LogP contribution in [0.5, 0.6) is 0 Å². The van der Waals surface area contributed by atoms with Gasteiger partial charge < -0.3 is 20.1 Å². The average molecular weight is 189 g/mol. The molecule has 0 aromatic heterocycles. The van der Waals surface area contributed by atoms with Gasteiger partial charge in [0.15, 0.2) is 0 Å². The molecule has 0 rings (SSSR count). The van der Waals surface area contributed by atoms with E-state index in [1.807, 2.05) is 13.8 Å². The fourth-order valence-electron chi connectivity index (χ4n) is 1.23. The van der Waals surface area contributed by atoms with Gasteiger partial charge in [0.25, 0.3) is 0 Å². The van der Waals surface area contributed by atoms with Crippen LogP contribution in [0.4, 0.5) is 0 Å². The van der Waals surface area contributed by atoms with Gasteiger partial charge in [0.2, 0.25) is 0 Å². The number of aliphatic hydroxyl groups excluding tert-OH is 2. The summed E-state index contributed by atoms with van der Waals surface area (Å²) in [6.45, 7) is 3.91. The predicted octanol–water partition coefficient (Wildman–Crippen LogP) is -0.716. The lowest BCUT2D eigenvalue weighted by atomic mass is 10.0. The van der Waals surface area contributed by atoms with Gasteiger partial charge in [-0.05, 0) is 18.8 Å². The van der Waals surface area contributed by atoms with Crippen LogP contribution < -0.4 is 5.11 Å². The Balaban J connectivity index is 3.64. The number of hydrogen-bond acceptors (Lipinski definition) is 4. The highest BCUT2D eigenvalue weighted by molar-refractivity contribution is 5.64. The summed E-state index contributed by atoms with van der Waals surface area (Å²) < 4.78 is 0. The lowest BCUT2D eigenvalue weighted by Crippen LogP contribution is -2.29. The largest absolute Gasteiger partial charge is 0.550 e. The number of aliphatic hydroxyl groups is 2. The van der Waals surface area contributed by atoms with Gasteiger partial charge in [0.05, 0.1) is 12.2 Å². The third kappa shape index (κ3) is 7.74. The van der Waals surface area contributed by atoms with Crippen molar-refractivity contribution in [1.82, 2.24) is 0 Å². The molecule has 0 aliphatic carbocycles. The number of aliphatic carboxylic acids is 1. The summed E-state index contributed by atoms with van der Waals surface area (Å²) in [7, 11) is 0. The molecule has 2 atom stereocenters. The van der Waals surface area contributed by atoms with Crippen molar-refractivity contribution in [2.45, 2.75) is 45.3 Å². The monoisotopic (exact) mass is 189 g/mol. The first-order chi connectivity index (χ1) is 5.91. The van der Waals surface area contributed by atoms with Gasteiger partial charge in [-0.15, -0.1) is 0 Å². The molecule has 2 N–H and O–H groups in total. The maximum absolute atomic E-state index is 10.1. The maximum Gasteiger partial charge on any atom is 0.0616 e. The van der Waals surface area contributed by atoms with E-state index in [0.717, 1.165) is 0 Å². The van der Waals surface area contributed by atoms with Crippen molar-refractivity contribution >= 4 is 5.97 Å². The van der Waals surface area contributed by atoms with Crippen molar-refractivity contribution in [3.05, 3.63) is 0 Å². The average Bonchev–Trinajstić information content (AvgIpc) is 1.80. The van der Waals surface area contributed by atoms with E-state index in [1.165, 1.54) is 0 Å². The third-order valence-electron chi connectivity index (χ3n) is 1.69. The minimum atomic E-state index is -1.29. The maximum atomic E-state index is 10.1. The molecule has 0 saturated heterocycles. The Labute approximate surface area is 78.2 Å². The highest BCUT2D eigenvalue weighted by atomic mass is 16.4. The normalized spacial score (nSPS) is 15.8. The van der Waals surface area contributed by atoms with Gasteiger partial charge in [0.1, 0.15) is 0 Å². The van der Waals surface area contributed by atoms with E-state index < -0.39 is 24.6 Å². The predicted molar refractivity (Wildman–Crippen MR) is 45.7 cm³/mol. The molecule has 0 fully saturated rings. The quantitative estimate of drug-likeness (QED) is 0.578. The lowest BCUT2D eigenvalue weighted by Gasteiger charge is -2.17. The molecule has 4 heteroatoms. The summed E-state index contributed by atoms with van der Waals surface area (Å²) in [6, 6.07) is 0. The second-order valence-corrected chi connectivity index (χ2v) is 3.75. The van der Waals surface area contributed by atoms with E-state index in [-0.39, 0.29) is 6.42 Å². The Morgan fingerprint density at radius 1 is 1.23 bits per heavy atom. The Bertz CT molecular complexity index is 156. The van der Waals surface area contributed by atoms with Crippen LogP contribution in [-0.2, 0) is 4.79 Å². The van der Waals surface area contributed by atoms with E-state index in [2.05, 4.69) is 0 Å². The van der Waals surface area contributed by atoms with Gasteiger partial charge in [-0.3, -0.25) is 0 Å². The highest BCUT2D eigenvalue weighted by Gasteiger charge is 2.13. The molecule has 13 heavy (non-hydrogen) atoms.